The van der Waals surface area contributed by atoms with Crippen LogP contribution in [0.5, 0.6) is 5.75 Å². The third kappa shape index (κ3) is 4.13. The van der Waals surface area contributed by atoms with Gasteiger partial charge in [-0.3, -0.25) is 9.59 Å². The van der Waals surface area contributed by atoms with Gasteiger partial charge in [0, 0.05) is 0 Å². The molecule has 0 saturated heterocycles. The molecule has 5 nitrogen and oxygen atoms in total. The van der Waals surface area contributed by atoms with E-state index >= 15 is 0 Å². The maximum atomic E-state index is 12.2. The van der Waals surface area contributed by atoms with Gasteiger partial charge in [0.1, 0.15) is 25.5 Å². The van der Waals surface area contributed by atoms with Crippen molar-refractivity contribution < 1.29 is 19.1 Å². The van der Waals surface area contributed by atoms with E-state index in [-0.39, 0.29) is 25.0 Å². The normalized spacial score (nSPS) is 15.8. The molecule has 1 atom stereocenters. The van der Waals surface area contributed by atoms with Crippen molar-refractivity contribution in [1.29, 1.82) is 0 Å². The smallest absolute Gasteiger partial charge is 0.325 e. The van der Waals surface area contributed by atoms with E-state index in [0.29, 0.717) is 13.0 Å². The van der Waals surface area contributed by atoms with Crippen LogP contribution in [-0.2, 0) is 27.4 Å². The number of ether oxygens (including phenoxy) is 2. The summed E-state index contributed by atoms with van der Waals surface area (Å²) in [5.74, 6) is -0.115. The average Bonchev–Trinajstić information content (AvgIpc) is 2.65. The molecule has 1 unspecified atom stereocenters. The van der Waals surface area contributed by atoms with Crippen LogP contribution in [0.1, 0.15) is 11.1 Å². The zero-order valence-electron chi connectivity index (χ0n) is 13.2. The van der Waals surface area contributed by atoms with E-state index in [1.165, 1.54) is 0 Å². The minimum atomic E-state index is -0.454. The molecule has 0 aliphatic carbocycles. The Hall–Kier alpha value is -2.82. The Bertz CT molecular complexity index is 714. The van der Waals surface area contributed by atoms with Gasteiger partial charge < -0.3 is 14.8 Å². The lowest BCUT2D eigenvalue weighted by atomic mass is 9.96. The van der Waals surface area contributed by atoms with Gasteiger partial charge >= 0.3 is 5.97 Å². The molecule has 1 aliphatic heterocycles. The van der Waals surface area contributed by atoms with Crippen LogP contribution in [0.2, 0.25) is 0 Å². The van der Waals surface area contributed by atoms with Crippen LogP contribution in [-0.4, -0.2) is 25.0 Å². The Kier molecular flexibility index (Phi) is 5.11. The van der Waals surface area contributed by atoms with Gasteiger partial charge in [-0.25, -0.2) is 0 Å². The fourth-order valence-electron chi connectivity index (χ4n) is 2.59. The molecule has 3 rings (SSSR count). The van der Waals surface area contributed by atoms with E-state index in [2.05, 4.69) is 5.32 Å². The van der Waals surface area contributed by atoms with E-state index in [9.17, 15) is 9.59 Å². The predicted octanol–water partition coefficient (Wildman–Crippen LogP) is 2.10. The van der Waals surface area contributed by atoms with Crippen LogP contribution in [0.25, 0.3) is 0 Å². The van der Waals surface area contributed by atoms with Crippen LogP contribution in [0.3, 0.4) is 0 Å². The number of rotatable bonds is 5. The van der Waals surface area contributed by atoms with Gasteiger partial charge in [0.25, 0.3) is 0 Å². The van der Waals surface area contributed by atoms with Gasteiger partial charge in [-0.05, 0) is 23.6 Å². The molecule has 0 saturated carbocycles. The van der Waals surface area contributed by atoms with Crippen LogP contribution in [0.15, 0.2) is 54.6 Å². The number of nitrogens with one attached hydrogen (secondary N) is 1. The molecule has 0 aromatic heterocycles. The van der Waals surface area contributed by atoms with Crippen molar-refractivity contribution in [1.82, 2.24) is 5.32 Å². The van der Waals surface area contributed by atoms with E-state index in [4.69, 9.17) is 9.47 Å². The Morgan fingerprint density at radius 3 is 2.67 bits per heavy atom. The average molecular weight is 325 g/mol. The van der Waals surface area contributed by atoms with Crippen LogP contribution in [0, 0.1) is 5.92 Å². The fourth-order valence-corrected chi connectivity index (χ4v) is 2.59. The lowest BCUT2D eigenvalue weighted by Gasteiger charge is -2.24. The molecule has 1 N–H and O–H groups in total. The minimum absolute atomic E-state index is 0.135. The zero-order chi connectivity index (χ0) is 16.8. The van der Waals surface area contributed by atoms with Crippen molar-refractivity contribution in [2.24, 2.45) is 5.92 Å². The molecule has 124 valence electrons. The van der Waals surface area contributed by atoms with Crippen molar-refractivity contribution in [3.05, 3.63) is 65.7 Å². The number of hydrogen-bond donors (Lipinski definition) is 1. The number of para-hydroxylation sites is 1. The highest BCUT2D eigenvalue weighted by atomic mass is 16.5. The standard InChI is InChI=1S/C19H19NO4/c21-18(24-12-14-6-2-1-3-7-14)11-20-19(22)16-10-15-8-4-5-9-17(15)23-13-16/h1-9,16H,10-13H2,(H,20,22). The molecule has 1 amide bonds. The first kappa shape index (κ1) is 16.1. The zero-order valence-corrected chi connectivity index (χ0v) is 13.2. The number of benzene rings is 2. The summed E-state index contributed by atoms with van der Waals surface area (Å²) in [7, 11) is 0. The summed E-state index contributed by atoms with van der Waals surface area (Å²) in [6, 6.07) is 17.1. The molecule has 0 fully saturated rings. The van der Waals surface area contributed by atoms with Crippen molar-refractivity contribution in [2.45, 2.75) is 13.0 Å². The summed E-state index contributed by atoms with van der Waals surface area (Å²) in [4.78, 5) is 23.9. The lowest BCUT2D eigenvalue weighted by Crippen LogP contribution is -2.40. The summed E-state index contributed by atoms with van der Waals surface area (Å²) >= 11 is 0. The molecular weight excluding hydrogens is 306 g/mol. The molecule has 1 heterocycles. The third-order valence-electron chi connectivity index (χ3n) is 3.90. The largest absolute Gasteiger partial charge is 0.492 e. The number of carbonyl (C=O) groups excluding carboxylic acids is 2. The van der Waals surface area contributed by atoms with Gasteiger partial charge in [0.15, 0.2) is 0 Å². The predicted molar refractivity (Wildman–Crippen MR) is 88.4 cm³/mol. The maximum absolute atomic E-state index is 12.2. The number of amides is 1. The molecule has 1 aliphatic rings. The van der Waals surface area contributed by atoms with Gasteiger partial charge in [0.2, 0.25) is 5.91 Å². The first-order valence-corrected chi connectivity index (χ1v) is 7.90. The summed E-state index contributed by atoms with van der Waals surface area (Å²) < 4.78 is 10.7. The van der Waals surface area contributed by atoms with Crippen molar-refractivity contribution in [3.8, 4) is 5.75 Å². The van der Waals surface area contributed by atoms with E-state index in [1.54, 1.807) is 0 Å². The summed E-state index contributed by atoms with van der Waals surface area (Å²) in [6.45, 7) is 0.390. The van der Waals surface area contributed by atoms with E-state index < -0.39 is 5.97 Å². The summed E-state index contributed by atoms with van der Waals surface area (Å²) in [6.07, 6.45) is 0.612. The number of fused-ring (bicyclic) bond motifs is 1. The first-order chi connectivity index (χ1) is 11.7. The quantitative estimate of drug-likeness (QED) is 0.855. The molecule has 0 spiro atoms. The maximum Gasteiger partial charge on any atom is 0.325 e. The van der Waals surface area contributed by atoms with Crippen molar-refractivity contribution in [2.75, 3.05) is 13.2 Å². The van der Waals surface area contributed by atoms with Crippen molar-refractivity contribution in [3.63, 3.8) is 0 Å². The topological polar surface area (TPSA) is 64.6 Å². The van der Waals surface area contributed by atoms with Gasteiger partial charge in [-0.2, -0.15) is 0 Å². The second-order valence-corrected chi connectivity index (χ2v) is 5.68. The Labute approximate surface area is 140 Å². The molecule has 0 radical (unpaired) electrons. The van der Waals surface area contributed by atoms with Gasteiger partial charge in [-0.1, -0.05) is 48.5 Å². The van der Waals surface area contributed by atoms with Gasteiger partial charge in [0.05, 0.1) is 5.92 Å². The highest BCUT2D eigenvalue weighted by Crippen LogP contribution is 2.26. The molecule has 2 aromatic carbocycles. The number of carbonyl (C=O) groups is 2. The second kappa shape index (κ2) is 7.64. The molecule has 5 heteroatoms. The summed E-state index contributed by atoms with van der Waals surface area (Å²) in [5, 5.41) is 2.63. The van der Waals surface area contributed by atoms with Gasteiger partial charge in [-0.15, -0.1) is 0 Å². The second-order valence-electron chi connectivity index (χ2n) is 5.68. The van der Waals surface area contributed by atoms with E-state index in [1.807, 2.05) is 54.6 Å². The fraction of sp³-hybridized carbons (Fsp3) is 0.263. The lowest BCUT2D eigenvalue weighted by molar-refractivity contribution is -0.145. The minimum Gasteiger partial charge on any atom is -0.492 e. The molecular formula is C19H19NO4. The molecule has 0 bridgehead atoms. The first-order valence-electron chi connectivity index (χ1n) is 7.90. The van der Waals surface area contributed by atoms with Crippen LogP contribution in [0.4, 0.5) is 0 Å². The van der Waals surface area contributed by atoms with Crippen molar-refractivity contribution >= 4 is 11.9 Å². The highest BCUT2D eigenvalue weighted by Gasteiger charge is 2.26. The Balaban J connectivity index is 1.43. The highest BCUT2D eigenvalue weighted by molar-refractivity contribution is 5.84. The third-order valence-corrected chi connectivity index (χ3v) is 3.90. The SMILES string of the molecule is O=C(CNC(=O)C1COc2ccccc2C1)OCc1ccccc1. The van der Waals surface area contributed by atoms with Crippen LogP contribution < -0.4 is 10.1 Å². The summed E-state index contributed by atoms with van der Waals surface area (Å²) in [5.41, 5.74) is 1.92. The Morgan fingerprint density at radius 1 is 1.08 bits per heavy atom. The molecule has 2 aromatic rings. The molecule has 24 heavy (non-hydrogen) atoms. The number of esters is 1. The van der Waals surface area contributed by atoms with Crippen LogP contribution >= 0.6 is 0 Å². The number of hydrogen-bond acceptors (Lipinski definition) is 4. The monoisotopic (exact) mass is 325 g/mol. The van der Waals surface area contributed by atoms with E-state index in [0.717, 1.165) is 16.9 Å². The Morgan fingerprint density at radius 2 is 1.83 bits per heavy atom.